The molecule has 0 saturated heterocycles. The first-order valence-electron chi connectivity index (χ1n) is 3.35. The summed E-state index contributed by atoms with van der Waals surface area (Å²) in [5.41, 5.74) is 5.68. The molecule has 0 aliphatic rings. The molecule has 0 amide bonds. The van der Waals surface area contributed by atoms with Gasteiger partial charge in [-0.15, -0.1) is 6.42 Å². The van der Waals surface area contributed by atoms with E-state index in [0.717, 1.165) is 0 Å². The van der Waals surface area contributed by atoms with E-state index in [2.05, 4.69) is 5.92 Å². The highest BCUT2D eigenvalue weighted by atomic mass is 19.1. The molecular formula is C9H8FNO. The second-order valence-electron chi connectivity index (χ2n) is 2.18. The van der Waals surface area contributed by atoms with Gasteiger partial charge in [0.15, 0.2) is 11.6 Å². The minimum Gasteiger partial charge on any atom is -0.478 e. The number of rotatable bonds is 2. The van der Waals surface area contributed by atoms with E-state index in [9.17, 15) is 4.39 Å². The van der Waals surface area contributed by atoms with Crippen LogP contribution in [-0.4, -0.2) is 6.61 Å². The average molecular weight is 165 g/mol. The molecule has 0 fully saturated rings. The van der Waals surface area contributed by atoms with Crippen molar-refractivity contribution in [3.63, 3.8) is 0 Å². The lowest BCUT2D eigenvalue weighted by molar-refractivity contribution is 0.348. The van der Waals surface area contributed by atoms with Crippen LogP contribution in [0.2, 0.25) is 0 Å². The molecular weight excluding hydrogens is 157 g/mol. The van der Waals surface area contributed by atoms with Crippen LogP contribution in [0, 0.1) is 18.2 Å². The summed E-state index contributed by atoms with van der Waals surface area (Å²) in [4.78, 5) is 0. The number of terminal acetylenes is 1. The van der Waals surface area contributed by atoms with Crippen molar-refractivity contribution in [2.45, 2.75) is 0 Å². The maximum Gasteiger partial charge on any atom is 0.167 e. The summed E-state index contributed by atoms with van der Waals surface area (Å²) in [7, 11) is 0. The third kappa shape index (κ3) is 1.89. The number of halogens is 1. The van der Waals surface area contributed by atoms with E-state index in [1.165, 1.54) is 12.1 Å². The Kier molecular flexibility index (Phi) is 2.54. The summed E-state index contributed by atoms with van der Waals surface area (Å²) in [6.45, 7) is 0.0564. The molecule has 0 unspecified atom stereocenters. The molecule has 0 saturated carbocycles. The lowest BCUT2D eigenvalue weighted by Crippen LogP contribution is -1.96. The smallest absolute Gasteiger partial charge is 0.167 e. The van der Waals surface area contributed by atoms with Gasteiger partial charge in [0.25, 0.3) is 0 Å². The molecule has 0 aromatic heterocycles. The first-order valence-corrected chi connectivity index (χ1v) is 3.35. The highest BCUT2D eigenvalue weighted by Crippen LogP contribution is 2.18. The molecule has 0 bridgehead atoms. The van der Waals surface area contributed by atoms with Crippen molar-refractivity contribution in [3.8, 4) is 18.1 Å². The maximum absolute atomic E-state index is 12.9. The van der Waals surface area contributed by atoms with Gasteiger partial charge < -0.3 is 10.5 Å². The third-order valence-corrected chi connectivity index (χ3v) is 1.27. The Morgan fingerprint density at radius 1 is 1.58 bits per heavy atom. The lowest BCUT2D eigenvalue weighted by Gasteiger charge is -2.03. The summed E-state index contributed by atoms with van der Waals surface area (Å²) < 4.78 is 17.8. The summed E-state index contributed by atoms with van der Waals surface area (Å²) in [5.74, 6) is 1.87. The quantitative estimate of drug-likeness (QED) is 0.531. The van der Waals surface area contributed by atoms with Crippen LogP contribution in [0.1, 0.15) is 0 Å². The van der Waals surface area contributed by atoms with Crippen LogP contribution in [0.3, 0.4) is 0 Å². The Labute approximate surface area is 70.1 Å². The van der Waals surface area contributed by atoms with Gasteiger partial charge in [0.05, 0.1) is 0 Å². The van der Waals surface area contributed by atoms with Crippen molar-refractivity contribution in [2.75, 3.05) is 12.3 Å². The molecule has 2 nitrogen and oxygen atoms in total. The number of anilines is 1. The molecule has 3 heteroatoms. The number of hydrogen-bond acceptors (Lipinski definition) is 2. The van der Waals surface area contributed by atoms with Crippen molar-refractivity contribution in [2.24, 2.45) is 0 Å². The Bertz CT molecular complexity index is 317. The van der Waals surface area contributed by atoms with E-state index in [4.69, 9.17) is 16.9 Å². The molecule has 12 heavy (non-hydrogen) atoms. The largest absolute Gasteiger partial charge is 0.478 e. The van der Waals surface area contributed by atoms with Gasteiger partial charge in [-0.1, -0.05) is 5.92 Å². The van der Waals surface area contributed by atoms with Crippen molar-refractivity contribution in [1.82, 2.24) is 0 Å². The van der Waals surface area contributed by atoms with Crippen LogP contribution in [0.4, 0.5) is 10.1 Å². The predicted octanol–water partition coefficient (Wildman–Crippen LogP) is 1.42. The zero-order valence-electron chi connectivity index (χ0n) is 6.38. The molecule has 1 aromatic carbocycles. The minimum absolute atomic E-state index is 0.0564. The topological polar surface area (TPSA) is 35.2 Å². The maximum atomic E-state index is 12.9. The summed E-state index contributed by atoms with van der Waals surface area (Å²) in [5, 5.41) is 0. The van der Waals surface area contributed by atoms with Crippen LogP contribution >= 0.6 is 0 Å². The van der Waals surface area contributed by atoms with Crippen LogP contribution < -0.4 is 10.5 Å². The minimum atomic E-state index is -0.495. The van der Waals surface area contributed by atoms with Crippen LogP contribution in [0.15, 0.2) is 18.2 Å². The van der Waals surface area contributed by atoms with Crippen LogP contribution in [-0.2, 0) is 0 Å². The molecule has 1 aromatic rings. The third-order valence-electron chi connectivity index (χ3n) is 1.27. The first kappa shape index (κ1) is 8.41. The molecule has 62 valence electrons. The van der Waals surface area contributed by atoms with E-state index in [1.807, 2.05) is 0 Å². The summed E-state index contributed by atoms with van der Waals surface area (Å²) in [6, 6.07) is 4.18. The second kappa shape index (κ2) is 3.63. The molecule has 0 aliphatic heterocycles. The van der Waals surface area contributed by atoms with Gasteiger partial charge in [0.1, 0.15) is 6.61 Å². The Hall–Kier alpha value is -1.69. The molecule has 0 heterocycles. The normalized spacial score (nSPS) is 9.00. The molecule has 0 spiro atoms. The highest BCUT2D eigenvalue weighted by molar-refractivity contribution is 5.42. The predicted molar refractivity (Wildman–Crippen MR) is 45.1 cm³/mol. The number of nitrogen functional groups attached to an aromatic ring is 1. The van der Waals surface area contributed by atoms with Crippen molar-refractivity contribution < 1.29 is 9.13 Å². The Morgan fingerprint density at radius 3 is 2.92 bits per heavy atom. The van der Waals surface area contributed by atoms with Gasteiger partial charge in [-0.2, -0.15) is 0 Å². The SMILES string of the molecule is C#CCOc1ccc(N)cc1F. The summed E-state index contributed by atoms with van der Waals surface area (Å²) in [6.07, 6.45) is 4.93. The van der Waals surface area contributed by atoms with E-state index >= 15 is 0 Å². The van der Waals surface area contributed by atoms with Gasteiger partial charge in [-0.05, 0) is 12.1 Å². The number of nitrogens with two attached hydrogens (primary N) is 1. The first-order chi connectivity index (χ1) is 5.74. The van der Waals surface area contributed by atoms with Gasteiger partial charge in [-0.3, -0.25) is 0 Å². The standard InChI is InChI=1S/C9H8FNO/c1-2-5-12-9-4-3-7(11)6-8(9)10/h1,3-4,6H,5,11H2. The van der Waals surface area contributed by atoms with Crippen LogP contribution in [0.25, 0.3) is 0 Å². The fourth-order valence-electron chi connectivity index (χ4n) is 0.754. The van der Waals surface area contributed by atoms with Gasteiger partial charge in [0.2, 0.25) is 0 Å². The van der Waals surface area contributed by atoms with E-state index in [1.54, 1.807) is 6.07 Å². The summed E-state index contributed by atoms with van der Waals surface area (Å²) >= 11 is 0. The molecule has 0 radical (unpaired) electrons. The fourth-order valence-corrected chi connectivity index (χ4v) is 0.754. The second-order valence-corrected chi connectivity index (χ2v) is 2.18. The van der Waals surface area contributed by atoms with Crippen molar-refractivity contribution >= 4 is 5.69 Å². The number of benzene rings is 1. The zero-order valence-corrected chi connectivity index (χ0v) is 6.38. The molecule has 2 N–H and O–H groups in total. The van der Waals surface area contributed by atoms with Crippen molar-refractivity contribution in [1.29, 1.82) is 0 Å². The fraction of sp³-hybridized carbons (Fsp3) is 0.111. The Balaban J connectivity index is 2.81. The molecule has 1 rings (SSSR count). The number of hydrogen-bond donors (Lipinski definition) is 1. The zero-order chi connectivity index (χ0) is 8.97. The van der Waals surface area contributed by atoms with E-state index in [0.29, 0.717) is 5.69 Å². The Morgan fingerprint density at radius 2 is 2.33 bits per heavy atom. The van der Waals surface area contributed by atoms with E-state index < -0.39 is 5.82 Å². The van der Waals surface area contributed by atoms with E-state index in [-0.39, 0.29) is 12.4 Å². The highest BCUT2D eigenvalue weighted by Gasteiger charge is 2.01. The van der Waals surface area contributed by atoms with Gasteiger partial charge >= 0.3 is 0 Å². The van der Waals surface area contributed by atoms with Crippen molar-refractivity contribution in [3.05, 3.63) is 24.0 Å². The molecule has 0 atom stereocenters. The number of ether oxygens (including phenoxy) is 1. The van der Waals surface area contributed by atoms with Gasteiger partial charge in [-0.25, -0.2) is 4.39 Å². The molecule has 0 aliphatic carbocycles. The lowest BCUT2D eigenvalue weighted by atomic mass is 10.3. The monoisotopic (exact) mass is 165 g/mol. The average Bonchev–Trinajstić information content (AvgIpc) is 2.03. The van der Waals surface area contributed by atoms with Crippen LogP contribution in [0.5, 0.6) is 5.75 Å². The van der Waals surface area contributed by atoms with Gasteiger partial charge in [0, 0.05) is 11.8 Å².